The maximum atomic E-state index is 10.5. The smallest absolute Gasteiger partial charge is 0.217 e. The fourth-order valence-corrected chi connectivity index (χ4v) is 0.522. The topological polar surface area (TPSA) is 54.0 Å². The number of terminal acetylenes is 2. The Kier molecular flexibility index (Phi) is 7.52. The standard InChI is InChI=1S/C6H6O5P/c1-3-5-8-10-12(7)11-9-6-4-2/h1-2H,5-6H2. The van der Waals surface area contributed by atoms with Crippen molar-refractivity contribution in [3.8, 4) is 24.7 Å². The highest BCUT2D eigenvalue weighted by Gasteiger charge is 2.02. The molecule has 0 atom stereocenters. The van der Waals surface area contributed by atoms with Crippen LogP contribution in [0.3, 0.4) is 0 Å². The van der Waals surface area contributed by atoms with Gasteiger partial charge in [-0.05, 0) is 0 Å². The van der Waals surface area contributed by atoms with E-state index in [2.05, 4.69) is 31.0 Å². The lowest BCUT2D eigenvalue weighted by Crippen LogP contribution is -1.91. The zero-order chi connectivity index (χ0) is 9.23. The van der Waals surface area contributed by atoms with Crippen molar-refractivity contribution >= 4 is 8.25 Å². The van der Waals surface area contributed by atoms with Gasteiger partial charge in [0.05, 0.1) is 0 Å². The van der Waals surface area contributed by atoms with Gasteiger partial charge in [0.25, 0.3) is 0 Å². The van der Waals surface area contributed by atoms with E-state index in [-0.39, 0.29) is 13.2 Å². The largest absolute Gasteiger partial charge is 0.427 e. The molecule has 6 heteroatoms. The molecule has 5 nitrogen and oxygen atoms in total. The van der Waals surface area contributed by atoms with Gasteiger partial charge in [-0.3, -0.25) is 0 Å². The molecule has 0 saturated carbocycles. The summed E-state index contributed by atoms with van der Waals surface area (Å²) in [6.45, 7) is -0.251. The van der Waals surface area contributed by atoms with Gasteiger partial charge < -0.3 is 0 Å². The minimum atomic E-state index is -2.49. The van der Waals surface area contributed by atoms with Gasteiger partial charge in [0.15, 0.2) is 0 Å². The molecule has 65 valence electrons. The van der Waals surface area contributed by atoms with Crippen LogP contribution in [0.1, 0.15) is 0 Å². The fraction of sp³-hybridized carbons (Fsp3) is 0.333. The molecule has 0 aliphatic rings. The molecule has 0 aliphatic heterocycles. The zero-order valence-electron chi connectivity index (χ0n) is 6.06. The van der Waals surface area contributed by atoms with Crippen LogP contribution in [0, 0.1) is 24.7 Å². The molecular weight excluding hydrogens is 183 g/mol. The van der Waals surface area contributed by atoms with Gasteiger partial charge in [0.1, 0.15) is 13.2 Å². The van der Waals surface area contributed by atoms with E-state index in [1.807, 2.05) is 0 Å². The molecule has 0 rings (SSSR count). The summed E-state index contributed by atoms with van der Waals surface area (Å²) in [7, 11) is -2.49. The van der Waals surface area contributed by atoms with Crippen molar-refractivity contribution in [2.45, 2.75) is 0 Å². The molecule has 12 heavy (non-hydrogen) atoms. The molecule has 0 aromatic carbocycles. The summed E-state index contributed by atoms with van der Waals surface area (Å²) < 4.78 is 18.7. The molecule has 0 bridgehead atoms. The second-order valence-corrected chi connectivity index (χ2v) is 2.05. The minimum absolute atomic E-state index is 0.125. The Morgan fingerprint density at radius 2 is 1.50 bits per heavy atom. The summed E-state index contributed by atoms with van der Waals surface area (Å²) >= 11 is 0. The Morgan fingerprint density at radius 1 is 1.08 bits per heavy atom. The van der Waals surface area contributed by atoms with Gasteiger partial charge in [-0.1, -0.05) is 11.8 Å². The first-order valence-electron chi connectivity index (χ1n) is 2.74. The molecule has 0 fully saturated rings. The van der Waals surface area contributed by atoms with Gasteiger partial charge in [-0.15, -0.1) is 22.2 Å². The Balaban J connectivity index is 3.24. The monoisotopic (exact) mass is 189 g/mol. The van der Waals surface area contributed by atoms with Gasteiger partial charge in [0, 0.05) is 0 Å². The molecule has 0 saturated heterocycles. The van der Waals surface area contributed by atoms with Crippen LogP contribution in [0.4, 0.5) is 0 Å². The second-order valence-electron chi connectivity index (χ2n) is 1.31. The van der Waals surface area contributed by atoms with Gasteiger partial charge in [0.2, 0.25) is 0 Å². The van der Waals surface area contributed by atoms with E-state index in [0.29, 0.717) is 0 Å². The first kappa shape index (κ1) is 11.1. The highest BCUT2D eigenvalue weighted by Crippen LogP contribution is 2.23. The van der Waals surface area contributed by atoms with Gasteiger partial charge >= 0.3 is 8.25 Å². The third kappa shape index (κ3) is 7.17. The third-order valence-electron chi connectivity index (χ3n) is 0.512. The SMILES string of the molecule is C#CCOO[P](=O)OOCC#C. The Labute approximate surface area is 70.8 Å². The summed E-state index contributed by atoms with van der Waals surface area (Å²) in [4.78, 5) is 8.40. The average molecular weight is 189 g/mol. The maximum Gasteiger partial charge on any atom is 0.427 e. The molecule has 0 N–H and O–H groups in total. The van der Waals surface area contributed by atoms with Crippen molar-refractivity contribution in [1.82, 2.24) is 0 Å². The molecule has 0 aromatic heterocycles. The fourth-order valence-electron chi connectivity index (χ4n) is 0.219. The van der Waals surface area contributed by atoms with Crippen molar-refractivity contribution in [2.75, 3.05) is 13.2 Å². The van der Waals surface area contributed by atoms with Crippen LogP contribution in [0.5, 0.6) is 0 Å². The summed E-state index contributed by atoms with van der Waals surface area (Å²) in [6, 6.07) is 0. The predicted molar refractivity (Wildman–Crippen MR) is 39.3 cm³/mol. The lowest BCUT2D eigenvalue weighted by molar-refractivity contribution is -0.247. The van der Waals surface area contributed by atoms with Crippen molar-refractivity contribution < 1.29 is 23.7 Å². The lowest BCUT2D eigenvalue weighted by atomic mass is 10.8. The van der Waals surface area contributed by atoms with Crippen LogP contribution in [-0.2, 0) is 23.7 Å². The Hall–Kier alpha value is -0.940. The normalized spacial score (nSPS) is 8.50. The number of rotatable bonds is 6. The highest BCUT2D eigenvalue weighted by molar-refractivity contribution is 7.32. The third-order valence-corrected chi connectivity index (χ3v) is 0.966. The molecule has 0 aliphatic carbocycles. The summed E-state index contributed by atoms with van der Waals surface area (Å²) in [6.07, 6.45) is 9.58. The summed E-state index contributed by atoms with van der Waals surface area (Å²) in [5.41, 5.74) is 0. The van der Waals surface area contributed by atoms with Crippen molar-refractivity contribution in [2.24, 2.45) is 0 Å². The molecule has 1 radical (unpaired) electrons. The van der Waals surface area contributed by atoms with Gasteiger partial charge in [-0.25, -0.2) is 14.3 Å². The summed E-state index contributed by atoms with van der Waals surface area (Å²) in [5, 5.41) is 0. The van der Waals surface area contributed by atoms with Gasteiger partial charge in [-0.2, -0.15) is 0 Å². The number of hydrogen-bond donors (Lipinski definition) is 0. The molecule has 0 aromatic rings. The van der Waals surface area contributed by atoms with Crippen LogP contribution >= 0.6 is 8.25 Å². The Bertz CT molecular complexity index is 191. The van der Waals surface area contributed by atoms with Crippen molar-refractivity contribution in [1.29, 1.82) is 0 Å². The van der Waals surface area contributed by atoms with E-state index < -0.39 is 8.25 Å². The molecule has 0 amide bonds. The molecule has 0 spiro atoms. The van der Waals surface area contributed by atoms with E-state index in [1.54, 1.807) is 0 Å². The van der Waals surface area contributed by atoms with Crippen molar-refractivity contribution in [3.05, 3.63) is 0 Å². The van der Waals surface area contributed by atoms with E-state index in [4.69, 9.17) is 12.8 Å². The molecular formula is C6H6O5P. The molecule has 0 heterocycles. The van der Waals surface area contributed by atoms with Crippen LogP contribution in [0.25, 0.3) is 0 Å². The maximum absolute atomic E-state index is 10.5. The van der Waals surface area contributed by atoms with Crippen LogP contribution in [0.2, 0.25) is 0 Å². The van der Waals surface area contributed by atoms with E-state index in [9.17, 15) is 4.57 Å². The van der Waals surface area contributed by atoms with Crippen LogP contribution < -0.4 is 0 Å². The first-order valence-corrected chi connectivity index (χ1v) is 3.84. The Morgan fingerprint density at radius 3 is 1.83 bits per heavy atom. The predicted octanol–water partition coefficient (Wildman–Crippen LogP) is 0.807. The van der Waals surface area contributed by atoms with E-state index in [1.165, 1.54) is 0 Å². The average Bonchev–Trinajstić information content (AvgIpc) is 2.06. The summed E-state index contributed by atoms with van der Waals surface area (Å²) in [5.74, 6) is 4.17. The zero-order valence-corrected chi connectivity index (χ0v) is 6.95. The van der Waals surface area contributed by atoms with E-state index in [0.717, 1.165) is 0 Å². The van der Waals surface area contributed by atoms with Crippen molar-refractivity contribution in [3.63, 3.8) is 0 Å². The molecule has 0 unspecified atom stereocenters. The minimum Gasteiger partial charge on any atom is -0.217 e. The van der Waals surface area contributed by atoms with Crippen LogP contribution in [-0.4, -0.2) is 13.2 Å². The van der Waals surface area contributed by atoms with Crippen LogP contribution in [0.15, 0.2) is 0 Å². The second kappa shape index (κ2) is 8.16. The highest BCUT2D eigenvalue weighted by atomic mass is 31.1. The quantitative estimate of drug-likeness (QED) is 0.203. The first-order chi connectivity index (χ1) is 5.81. The van der Waals surface area contributed by atoms with E-state index >= 15 is 0 Å². The lowest BCUT2D eigenvalue weighted by Gasteiger charge is -1.97. The number of hydrogen-bond acceptors (Lipinski definition) is 5.